The molecule has 1 aromatic carbocycles. The molecule has 0 unspecified atom stereocenters. The number of benzene rings is 1. The third kappa shape index (κ3) is 2.39. The first-order valence-corrected chi connectivity index (χ1v) is 6.61. The van der Waals surface area contributed by atoms with E-state index in [1.165, 1.54) is 37.3 Å². The molecule has 0 atom stereocenters. The first-order valence-electron chi connectivity index (χ1n) is 6.61. The van der Waals surface area contributed by atoms with Crippen LogP contribution in [0.15, 0.2) is 24.3 Å². The van der Waals surface area contributed by atoms with Crippen molar-refractivity contribution in [1.29, 1.82) is 0 Å². The highest BCUT2D eigenvalue weighted by Gasteiger charge is 2.14. The van der Waals surface area contributed by atoms with Gasteiger partial charge in [-0.1, -0.05) is 0 Å². The monoisotopic (exact) mass is 232 g/mol. The summed E-state index contributed by atoms with van der Waals surface area (Å²) in [6, 6.07) is 9.02. The van der Waals surface area contributed by atoms with Gasteiger partial charge in [0, 0.05) is 37.6 Å². The van der Waals surface area contributed by atoms with E-state index < -0.39 is 0 Å². The number of anilines is 2. The minimum atomic E-state index is 0.855. The molecule has 0 radical (unpaired) electrons. The molecule has 0 aromatic heterocycles. The van der Waals surface area contributed by atoms with Gasteiger partial charge in [0.05, 0.1) is 13.2 Å². The van der Waals surface area contributed by atoms with Gasteiger partial charge in [-0.25, -0.2) is 0 Å². The van der Waals surface area contributed by atoms with Crippen LogP contribution in [0.1, 0.15) is 12.8 Å². The average molecular weight is 232 g/mol. The van der Waals surface area contributed by atoms with Gasteiger partial charge in [0.15, 0.2) is 0 Å². The smallest absolute Gasteiger partial charge is 0.0642 e. The van der Waals surface area contributed by atoms with Gasteiger partial charge in [-0.05, 0) is 37.1 Å². The van der Waals surface area contributed by atoms with Crippen LogP contribution < -0.4 is 9.80 Å². The van der Waals surface area contributed by atoms with E-state index in [4.69, 9.17) is 4.74 Å². The number of hydrogen-bond donors (Lipinski definition) is 0. The van der Waals surface area contributed by atoms with Crippen molar-refractivity contribution in [3.05, 3.63) is 24.3 Å². The Labute approximate surface area is 103 Å². The molecule has 2 saturated heterocycles. The molecule has 0 aliphatic carbocycles. The number of hydrogen-bond acceptors (Lipinski definition) is 3. The fraction of sp³-hybridized carbons (Fsp3) is 0.571. The molecule has 2 heterocycles. The van der Waals surface area contributed by atoms with Crippen LogP contribution in [-0.4, -0.2) is 39.4 Å². The Bertz CT molecular complexity index is 351. The van der Waals surface area contributed by atoms with Crippen molar-refractivity contribution in [3.8, 4) is 0 Å². The van der Waals surface area contributed by atoms with Gasteiger partial charge in [0.1, 0.15) is 0 Å². The summed E-state index contributed by atoms with van der Waals surface area (Å²) in [5.74, 6) is 0. The standard InChI is InChI=1S/C14H20N2O/c1-2-8-15(7-1)13-3-5-14(6-4-13)16-9-11-17-12-10-16/h3-6H,1-2,7-12H2. The first-order chi connectivity index (χ1) is 8.43. The van der Waals surface area contributed by atoms with Crippen LogP contribution in [0.4, 0.5) is 11.4 Å². The minimum absolute atomic E-state index is 0.855. The normalized spacial score (nSPS) is 20.9. The Morgan fingerprint density at radius 1 is 0.706 bits per heavy atom. The average Bonchev–Trinajstić information content (AvgIpc) is 2.94. The quantitative estimate of drug-likeness (QED) is 0.777. The SMILES string of the molecule is c1cc(N2CCOCC2)ccc1N1CCCC1. The molecule has 0 bridgehead atoms. The van der Waals surface area contributed by atoms with Gasteiger partial charge in [-0.3, -0.25) is 0 Å². The van der Waals surface area contributed by atoms with Crippen molar-refractivity contribution in [2.24, 2.45) is 0 Å². The molecule has 0 N–H and O–H groups in total. The van der Waals surface area contributed by atoms with Crippen LogP contribution in [-0.2, 0) is 4.74 Å². The second-order valence-electron chi connectivity index (χ2n) is 4.81. The van der Waals surface area contributed by atoms with Crippen LogP contribution in [0.25, 0.3) is 0 Å². The third-order valence-electron chi connectivity index (χ3n) is 3.70. The van der Waals surface area contributed by atoms with Crippen molar-refractivity contribution in [3.63, 3.8) is 0 Å². The molecule has 17 heavy (non-hydrogen) atoms. The van der Waals surface area contributed by atoms with Crippen LogP contribution in [0.3, 0.4) is 0 Å². The lowest BCUT2D eigenvalue weighted by Crippen LogP contribution is -2.36. The lowest BCUT2D eigenvalue weighted by atomic mass is 10.2. The lowest BCUT2D eigenvalue weighted by Gasteiger charge is -2.29. The zero-order chi connectivity index (χ0) is 11.5. The highest BCUT2D eigenvalue weighted by atomic mass is 16.5. The molecular weight excluding hydrogens is 212 g/mol. The van der Waals surface area contributed by atoms with Crippen LogP contribution in [0.2, 0.25) is 0 Å². The molecule has 0 saturated carbocycles. The zero-order valence-electron chi connectivity index (χ0n) is 10.3. The van der Waals surface area contributed by atoms with Gasteiger partial charge < -0.3 is 14.5 Å². The van der Waals surface area contributed by atoms with E-state index in [2.05, 4.69) is 34.1 Å². The van der Waals surface area contributed by atoms with Crippen LogP contribution >= 0.6 is 0 Å². The van der Waals surface area contributed by atoms with Gasteiger partial charge in [-0.15, -0.1) is 0 Å². The fourth-order valence-electron chi connectivity index (χ4n) is 2.67. The topological polar surface area (TPSA) is 15.7 Å². The molecule has 0 amide bonds. The number of ether oxygens (including phenoxy) is 1. The van der Waals surface area contributed by atoms with Crippen molar-refractivity contribution < 1.29 is 4.74 Å². The molecule has 92 valence electrons. The summed E-state index contributed by atoms with van der Waals surface area (Å²) in [6.45, 7) is 6.18. The molecule has 1 aromatic rings. The summed E-state index contributed by atoms with van der Waals surface area (Å²) >= 11 is 0. The second kappa shape index (κ2) is 4.96. The third-order valence-corrected chi connectivity index (χ3v) is 3.70. The highest BCUT2D eigenvalue weighted by molar-refractivity contribution is 5.56. The Morgan fingerprint density at radius 3 is 1.71 bits per heavy atom. The Balaban J connectivity index is 1.70. The summed E-state index contributed by atoms with van der Waals surface area (Å²) in [4.78, 5) is 4.88. The van der Waals surface area contributed by atoms with Crippen LogP contribution in [0.5, 0.6) is 0 Å². The van der Waals surface area contributed by atoms with Gasteiger partial charge in [0.2, 0.25) is 0 Å². The Kier molecular flexibility index (Phi) is 3.18. The second-order valence-corrected chi connectivity index (χ2v) is 4.81. The van der Waals surface area contributed by atoms with Crippen molar-refractivity contribution in [2.45, 2.75) is 12.8 Å². The van der Waals surface area contributed by atoms with E-state index in [1.54, 1.807) is 0 Å². The van der Waals surface area contributed by atoms with Crippen molar-refractivity contribution in [1.82, 2.24) is 0 Å². The summed E-state index contributed by atoms with van der Waals surface area (Å²) in [6.07, 6.45) is 2.68. The van der Waals surface area contributed by atoms with E-state index in [0.717, 1.165) is 26.3 Å². The van der Waals surface area contributed by atoms with Gasteiger partial charge >= 0.3 is 0 Å². The number of nitrogens with zero attached hydrogens (tertiary/aromatic N) is 2. The predicted octanol–water partition coefficient (Wildman–Crippen LogP) is 2.12. The van der Waals surface area contributed by atoms with Gasteiger partial charge in [-0.2, -0.15) is 0 Å². The Hall–Kier alpha value is -1.22. The van der Waals surface area contributed by atoms with E-state index in [-0.39, 0.29) is 0 Å². The number of rotatable bonds is 2. The van der Waals surface area contributed by atoms with Gasteiger partial charge in [0.25, 0.3) is 0 Å². The maximum atomic E-state index is 5.38. The molecule has 3 rings (SSSR count). The minimum Gasteiger partial charge on any atom is -0.378 e. The summed E-state index contributed by atoms with van der Waals surface area (Å²) in [7, 11) is 0. The van der Waals surface area contributed by atoms with E-state index in [9.17, 15) is 0 Å². The largest absolute Gasteiger partial charge is 0.378 e. The fourth-order valence-corrected chi connectivity index (χ4v) is 2.67. The molecule has 2 aliphatic rings. The summed E-state index contributed by atoms with van der Waals surface area (Å²) in [5, 5.41) is 0. The summed E-state index contributed by atoms with van der Waals surface area (Å²) < 4.78 is 5.38. The molecule has 0 spiro atoms. The predicted molar refractivity (Wildman–Crippen MR) is 70.9 cm³/mol. The molecule has 2 fully saturated rings. The molecular formula is C14H20N2O. The maximum absolute atomic E-state index is 5.38. The Morgan fingerprint density at radius 2 is 1.18 bits per heavy atom. The molecule has 2 aliphatic heterocycles. The molecule has 3 heteroatoms. The van der Waals surface area contributed by atoms with Crippen LogP contribution in [0, 0.1) is 0 Å². The first kappa shape index (κ1) is 10.9. The van der Waals surface area contributed by atoms with Crippen molar-refractivity contribution >= 4 is 11.4 Å². The number of morpholine rings is 1. The summed E-state index contributed by atoms with van der Waals surface area (Å²) in [5.41, 5.74) is 2.70. The van der Waals surface area contributed by atoms with Crippen molar-refractivity contribution in [2.75, 3.05) is 49.2 Å². The molecule has 3 nitrogen and oxygen atoms in total. The zero-order valence-corrected chi connectivity index (χ0v) is 10.3. The van der Waals surface area contributed by atoms with E-state index >= 15 is 0 Å². The maximum Gasteiger partial charge on any atom is 0.0642 e. The highest BCUT2D eigenvalue weighted by Crippen LogP contribution is 2.24. The van der Waals surface area contributed by atoms with E-state index in [0.29, 0.717) is 0 Å². The van der Waals surface area contributed by atoms with E-state index in [1.807, 2.05) is 0 Å². The lowest BCUT2D eigenvalue weighted by molar-refractivity contribution is 0.122.